The Kier molecular flexibility index (Phi) is 4.69. The van der Waals surface area contributed by atoms with E-state index >= 15 is 0 Å². The Hall–Kier alpha value is -3.79. The van der Waals surface area contributed by atoms with E-state index in [1.54, 1.807) is 31.5 Å². The van der Waals surface area contributed by atoms with Crippen LogP contribution in [0.5, 0.6) is 11.5 Å². The highest BCUT2D eigenvalue weighted by Gasteiger charge is 2.31. The highest BCUT2D eigenvalue weighted by molar-refractivity contribution is 6.11. The SMILES string of the molecule is COc1ccc(-c2cc(C)c3c(c2)CN(c2cnn(CC#N)c2)C3=O)cc1OC. The van der Waals surface area contributed by atoms with Crippen molar-refractivity contribution in [2.75, 3.05) is 19.1 Å². The molecule has 0 fully saturated rings. The summed E-state index contributed by atoms with van der Waals surface area (Å²) in [6.45, 7) is 2.56. The molecule has 3 aromatic rings. The molecule has 0 saturated carbocycles. The van der Waals surface area contributed by atoms with Crippen molar-refractivity contribution < 1.29 is 14.3 Å². The average Bonchev–Trinajstić information content (AvgIpc) is 3.32. The fraction of sp³-hybridized carbons (Fsp3) is 0.227. The minimum Gasteiger partial charge on any atom is -0.493 e. The number of rotatable bonds is 5. The van der Waals surface area contributed by atoms with Crippen LogP contribution in [0.2, 0.25) is 0 Å². The van der Waals surface area contributed by atoms with Crippen LogP contribution in [0.3, 0.4) is 0 Å². The summed E-state index contributed by atoms with van der Waals surface area (Å²) < 4.78 is 12.3. The zero-order valence-electron chi connectivity index (χ0n) is 16.5. The second-order valence-corrected chi connectivity index (χ2v) is 6.84. The smallest absolute Gasteiger partial charge is 0.259 e. The maximum Gasteiger partial charge on any atom is 0.259 e. The van der Waals surface area contributed by atoms with Crippen molar-refractivity contribution in [1.29, 1.82) is 5.26 Å². The molecule has 0 unspecified atom stereocenters. The van der Waals surface area contributed by atoms with Gasteiger partial charge >= 0.3 is 0 Å². The number of hydrogen-bond donors (Lipinski definition) is 0. The normalized spacial score (nSPS) is 12.6. The standard InChI is InChI=1S/C22H20N4O3/c1-14-8-16(15-4-5-19(28-2)20(10-15)29-3)9-17-12-26(22(27)21(14)17)18-11-24-25(13-18)7-6-23/h4-5,8-11,13H,7,12H2,1-3H3. The van der Waals surface area contributed by atoms with Crippen LogP contribution in [0.25, 0.3) is 11.1 Å². The lowest BCUT2D eigenvalue weighted by molar-refractivity contribution is 0.0996. The minimum absolute atomic E-state index is 0.0483. The maximum absolute atomic E-state index is 13.0. The Morgan fingerprint density at radius 1 is 1.14 bits per heavy atom. The lowest BCUT2D eigenvalue weighted by Gasteiger charge is -2.12. The van der Waals surface area contributed by atoms with E-state index in [9.17, 15) is 4.79 Å². The van der Waals surface area contributed by atoms with Crippen LogP contribution in [-0.2, 0) is 13.1 Å². The van der Waals surface area contributed by atoms with Gasteiger partial charge in [-0.15, -0.1) is 0 Å². The molecule has 2 heterocycles. The number of amides is 1. The predicted octanol–water partition coefficient (Wildman–Crippen LogP) is 3.56. The van der Waals surface area contributed by atoms with E-state index in [1.165, 1.54) is 4.68 Å². The number of benzene rings is 2. The fourth-order valence-electron chi connectivity index (χ4n) is 3.71. The predicted molar refractivity (Wildman–Crippen MR) is 108 cm³/mol. The van der Waals surface area contributed by atoms with Gasteiger partial charge in [-0.1, -0.05) is 12.1 Å². The topological polar surface area (TPSA) is 80.4 Å². The van der Waals surface area contributed by atoms with Gasteiger partial charge in [0.2, 0.25) is 0 Å². The van der Waals surface area contributed by atoms with Crippen molar-refractivity contribution in [3.63, 3.8) is 0 Å². The Morgan fingerprint density at radius 2 is 1.93 bits per heavy atom. The van der Waals surface area contributed by atoms with E-state index in [4.69, 9.17) is 14.7 Å². The van der Waals surface area contributed by atoms with E-state index in [0.29, 0.717) is 23.7 Å². The molecule has 0 radical (unpaired) electrons. The first-order valence-corrected chi connectivity index (χ1v) is 9.13. The molecule has 1 aliphatic heterocycles. The highest BCUT2D eigenvalue weighted by Crippen LogP contribution is 2.36. The van der Waals surface area contributed by atoms with Gasteiger partial charge in [-0.2, -0.15) is 10.4 Å². The van der Waals surface area contributed by atoms with E-state index in [1.807, 2.05) is 43.3 Å². The molecule has 1 aliphatic rings. The molecule has 0 N–H and O–H groups in total. The molecule has 7 nitrogen and oxygen atoms in total. The van der Waals surface area contributed by atoms with Crippen LogP contribution < -0.4 is 14.4 Å². The molecule has 29 heavy (non-hydrogen) atoms. The average molecular weight is 388 g/mol. The summed E-state index contributed by atoms with van der Waals surface area (Å²) >= 11 is 0. The Balaban J connectivity index is 1.70. The first kappa shape index (κ1) is 18.6. The van der Waals surface area contributed by atoms with Crippen molar-refractivity contribution in [3.8, 4) is 28.7 Å². The van der Waals surface area contributed by atoms with Crippen molar-refractivity contribution in [2.24, 2.45) is 0 Å². The molecular weight excluding hydrogens is 368 g/mol. The number of carbonyl (C=O) groups is 1. The molecule has 0 spiro atoms. The molecule has 0 bridgehead atoms. The minimum atomic E-state index is -0.0483. The summed E-state index contributed by atoms with van der Waals surface area (Å²) in [5.74, 6) is 1.28. The number of aryl methyl sites for hydroxylation is 1. The molecule has 0 atom stereocenters. The fourth-order valence-corrected chi connectivity index (χ4v) is 3.71. The summed E-state index contributed by atoms with van der Waals surface area (Å²) in [5.41, 5.74) is 5.30. The largest absolute Gasteiger partial charge is 0.493 e. The van der Waals surface area contributed by atoms with Crippen LogP contribution in [-0.4, -0.2) is 29.9 Å². The number of anilines is 1. The van der Waals surface area contributed by atoms with E-state index in [-0.39, 0.29) is 12.5 Å². The number of carbonyl (C=O) groups excluding carboxylic acids is 1. The highest BCUT2D eigenvalue weighted by atomic mass is 16.5. The zero-order valence-corrected chi connectivity index (χ0v) is 16.5. The summed E-state index contributed by atoms with van der Waals surface area (Å²) in [7, 11) is 3.22. The third-order valence-electron chi connectivity index (χ3n) is 5.09. The van der Waals surface area contributed by atoms with Crippen molar-refractivity contribution in [2.45, 2.75) is 20.0 Å². The van der Waals surface area contributed by atoms with Gasteiger partial charge in [-0.3, -0.25) is 9.48 Å². The molecule has 146 valence electrons. The first-order valence-electron chi connectivity index (χ1n) is 9.13. The summed E-state index contributed by atoms with van der Waals surface area (Å²) in [6, 6.07) is 11.9. The third-order valence-corrected chi connectivity index (χ3v) is 5.09. The van der Waals surface area contributed by atoms with Crippen molar-refractivity contribution >= 4 is 11.6 Å². The monoisotopic (exact) mass is 388 g/mol. The second-order valence-electron chi connectivity index (χ2n) is 6.84. The summed E-state index contributed by atoms with van der Waals surface area (Å²) in [4.78, 5) is 14.7. The Morgan fingerprint density at radius 3 is 2.66 bits per heavy atom. The van der Waals surface area contributed by atoms with Crippen LogP contribution in [0.1, 0.15) is 21.5 Å². The van der Waals surface area contributed by atoms with Gasteiger partial charge in [0, 0.05) is 11.8 Å². The lowest BCUT2D eigenvalue weighted by atomic mass is 9.96. The van der Waals surface area contributed by atoms with Gasteiger partial charge in [0.25, 0.3) is 5.91 Å². The number of fused-ring (bicyclic) bond motifs is 1. The Labute approximate surface area is 168 Å². The van der Waals surface area contributed by atoms with Gasteiger partial charge in [0.15, 0.2) is 11.5 Å². The quantitative estimate of drug-likeness (QED) is 0.668. The van der Waals surface area contributed by atoms with Gasteiger partial charge in [0.1, 0.15) is 6.54 Å². The number of nitriles is 1. The molecule has 0 saturated heterocycles. The molecule has 7 heteroatoms. The zero-order chi connectivity index (χ0) is 20.5. The van der Waals surface area contributed by atoms with Crippen LogP contribution in [0.15, 0.2) is 42.7 Å². The molecule has 1 aromatic heterocycles. The van der Waals surface area contributed by atoms with Crippen LogP contribution >= 0.6 is 0 Å². The summed E-state index contributed by atoms with van der Waals surface area (Å²) in [6.07, 6.45) is 3.34. The molecule has 4 rings (SSSR count). The molecule has 2 aromatic carbocycles. The van der Waals surface area contributed by atoms with E-state index in [2.05, 4.69) is 5.10 Å². The van der Waals surface area contributed by atoms with Crippen molar-refractivity contribution in [3.05, 3.63) is 59.4 Å². The molecular formula is C22H20N4O3. The number of ether oxygens (including phenoxy) is 2. The number of nitrogens with zero attached hydrogens (tertiary/aromatic N) is 4. The first-order chi connectivity index (χ1) is 14.0. The van der Waals surface area contributed by atoms with Gasteiger partial charge < -0.3 is 14.4 Å². The van der Waals surface area contributed by atoms with Gasteiger partial charge in [0.05, 0.1) is 38.7 Å². The van der Waals surface area contributed by atoms with Gasteiger partial charge in [-0.25, -0.2) is 0 Å². The Bertz CT molecular complexity index is 1140. The number of hydrogen-bond acceptors (Lipinski definition) is 5. The van der Waals surface area contributed by atoms with Crippen LogP contribution in [0, 0.1) is 18.3 Å². The van der Waals surface area contributed by atoms with Crippen LogP contribution in [0.4, 0.5) is 5.69 Å². The maximum atomic E-state index is 13.0. The lowest BCUT2D eigenvalue weighted by Crippen LogP contribution is -2.22. The second kappa shape index (κ2) is 7.32. The van der Waals surface area contributed by atoms with Gasteiger partial charge in [-0.05, 0) is 47.4 Å². The molecule has 1 amide bonds. The van der Waals surface area contributed by atoms with Crippen molar-refractivity contribution in [1.82, 2.24) is 9.78 Å². The summed E-state index contributed by atoms with van der Waals surface area (Å²) in [5, 5.41) is 13.0. The molecule has 0 aliphatic carbocycles. The number of methoxy groups -OCH3 is 2. The third kappa shape index (κ3) is 3.19. The van der Waals surface area contributed by atoms with E-state index < -0.39 is 0 Å². The van der Waals surface area contributed by atoms with E-state index in [0.717, 1.165) is 27.8 Å². The number of aromatic nitrogens is 2.